The summed E-state index contributed by atoms with van der Waals surface area (Å²) in [5.74, 6) is 0. The molecular formula is C68H45NS. The maximum absolute atomic E-state index is 2.49. The zero-order valence-corrected chi connectivity index (χ0v) is 39.2. The van der Waals surface area contributed by atoms with E-state index in [0.717, 1.165) is 17.1 Å². The third-order valence-electron chi connectivity index (χ3n) is 15.2. The first-order valence-electron chi connectivity index (χ1n) is 24.2. The quantitative estimate of drug-likeness (QED) is 0.147. The van der Waals surface area contributed by atoms with Crippen LogP contribution in [0, 0.1) is 0 Å². The van der Waals surface area contributed by atoms with Gasteiger partial charge in [-0.3, -0.25) is 0 Å². The molecule has 0 saturated heterocycles. The molecular weight excluding hydrogens is 863 g/mol. The second-order valence-corrected chi connectivity index (χ2v) is 19.7. The Labute approximate surface area is 412 Å². The minimum atomic E-state index is -0.543. The number of benzene rings is 11. The lowest BCUT2D eigenvalue weighted by Crippen LogP contribution is -2.29. The zero-order chi connectivity index (χ0) is 46.2. The third kappa shape index (κ3) is 5.84. The Morgan fingerprint density at radius 3 is 1.30 bits per heavy atom. The van der Waals surface area contributed by atoms with Crippen LogP contribution in [-0.4, -0.2) is 0 Å². The van der Waals surface area contributed by atoms with Gasteiger partial charge in [-0.1, -0.05) is 231 Å². The molecule has 0 N–H and O–H groups in total. The first-order chi connectivity index (χ1) is 34.7. The van der Waals surface area contributed by atoms with Crippen LogP contribution >= 0.6 is 11.3 Å². The first-order valence-corrected chi connectivity index (χ1v) is 25.1. The Bertz CT molecular complexity index is 3860. The number of hydrogen-bond donors (Lipinski definition) is 0. The first kappa shape index (κ1) is 40.5. The molecule has 70 heavy (non-hydrogen) atoms. The summed E-state index contributed by atoms with van der Waals surface area (Å²) in [7, 11) is 0. The summed E-state index contributed by atoms with van der Waals surface area (Å²) in [6, 6.07) is 102. The van der Waals surface area contributed by atoms with Crippen molar-refractivity contribution in [1.29, 1.82) is 0 Å². The van der Waals surface area contributed by atoms with Gasteiger partial charge in [-0.25, -0.2) is 0 Å². The molecule has 0 aliphatic heterocycles. The summed E-state index contributed by atoms with van der Waals surface area (Å²) >= 11 is 1.88. The fraction of sp³-hybridized carbons (Fsp3) is 0.0294. The third-order valence-corrected chi connectivity index (χ3v) is 16.5. The van der Waals surface area contributed by atoms with Crippen LogP contribution in [0.5, 0.6) is 0 Å². The van der Waals surface area contributed by atoms with Crippen LogP contribution in [0.3, 0.4) is 0 Å². The van der Waals surface area contributed by atoms with Crippen LogP contribution in [0.1, 0.15) is 44.5 Å². The largest absolute Gasteiger partial charge is 0.310 e. The van der Waals surface area contributed by atoms with Crippen molar-refractivity contribution in [1.82, 2.24) is 0 Å². The van der Waals surface area contributed by atoms with Gasteiger partial charge in [0.05, 0.1) is 10.8 Å². The Kier molecular flexibility index (Phi) is 9.27. The van der Waals surface area contributed by atoms with Crippen molar-refractivity contribution >= 4 is 48.6 Å². The molecule has 0 fully saturated rings. The number of hydrogen-bond acceptors (Lipinski definition) is 2. The van der Waals surface area contributed by atoms with Gasteiger partial charge in [0.1, 0.15) is 0 Å². The van der Waals surface area contributed by atoms with Gasteiger partial charge >= 0.3 is 0 Å². The van der Waals surface area contributed by atoms with Gasteiger partial charge in [-0.05, 0) is 120 Å². The predicted molar refractivity (Wildman–Crippen MR) is 294 cm³/mol. The molecule has 1 nitrogen and oxygen atoms in total. The topological polar surface area (TPSA) is 3.24 Å². The lowest BCUT2D eigenvalue weighted by atomic mass is 9.67. The van der Waals surface area contributed by atoms with E-state index in [9.17, 15) is 0 Å². The molecule has 2 aliphatic rings. The summed E-state index contributed by atoms with van der Waals surface area (Å²) in [5, 5.41) is 2.62. The maximum Gasteiger partial charge on any atom is 0.0714 e. The van der Waals surface area contributed by atoms with Gasteiger partial charge in [0.25, 0.3) is 0 Å². The minimum Gasteiger partial charge on any atom is -0.310 e. The SMILES string of the molecule is c1ccc(C2(c3cccc(N(c4ccc(-c5cccc6c5sc5ccccc56)cc4)c4ccc5c(c4)C(c4ccccc4)(c4ccccc4)c4ccccc4-5)c3)c3ccccc3-c3ccccc32)cc1. The molecule has 0 unspecified atom stereocenters. The highest BCUT2D eigenvalue weighted by Gasteiger charge is 2.48. The van der Waals surface area contributed by atoms with Gasteiger partial charge in [0.2, 0.25) is 0 Å². The molecule has 0 saturated carbocycles. The van der Waals surface area contributed by atoms with Crippen molar-refractivity contribution < 1.29 is 0 Å². The van der Waals surface area contributed by atoms with Crippen molar-refractivity contribution in [3.05, 3.63) is 317 Å². The molecule has 328 valence electrons. The molecule has 0 radical (unpaired) electrons. The van der Waals surface area contributed by atoms with E-state index in [1.165, 1.54) is 98.1 Å². The fourth-order valence-corrected chi connectivity index (χ4v) is 13.6. The van der Waals surface area contributed by atoms with Crippen molar-refractivity contribution in [2.45, 2.75) is 10.8 Å². The van der Waals surface area contributed by atoms with E-state index < -0.39 is 10.8 Å². The average Bonchev–Trinajstić information content (AvgIpc) is 4.07. The van der Waals surface area contributed by atoms with Gasteiger partial charge < -0.3 is 4.90 Å². The monoisotopic (exact) mass is 907 g/mol. The normalized spacial score (nSPS) is 13.7. The summed E-state index contributed by atoms with van der Waals surface area (Å²) in [4.78, 5) is 2.49. The van der Waals surface area contributed by atoms with Crippen LogP contribution in [0.15, 0.2) is 273 Å². The number of thiophene rings is 1. The van der Waals surface area contributed by atoms with Crippen molar-refractivity contribution in [2.75, 3.05) is 4.90 Å². The van der Waals surface area contributed by atoms with E-state index in [4.69, 9.17) is 0 Å². The van der Waals surface area contributed by atoms with Gasteiger partial charge in [0, 0.05) is 37.2 Å². The van der Waals surface area contributed by atoms with E-state index in [2.05, 4.69) is 278 Å². The highest BCUT2D eigenvalue weighted by Crippen LogP contribution is 2.59. The van der Waals surface area contributed by atoms with Gasteiger partial charge in [0.15, 0.2) is 0 Å². The summed E-state index contributed by atoms with van der Waals surface area (Å²) in [5.41, 5.74) is 19.9. The van der Waals surface area contributed by atoms with Crippen LogP contribution < -0.4 is 4.90 Å². The smallest absolute Gasteiger partial charge is 0.0714 e. The Hall–Kier alpha value is -8.56. The molecule has 2 aliphatic carbocycles. The Morgan fingerprint density at radius 2 is 0.700 bits per heavy atom. The molecule has 0 amide bonds. The molecule has 0 bridgehead atoms. The van der Waals surface area contributed by atoms with Crippen LogP contribution in [-0.2, 0) is 10.8 Å². The second-order valence-electron chi connectivity index (χ2n) is 18.7. The van der Waals surface area contributed by atoms with Crippen LogP contribution in [0.2, 0.25) is 0 Å². The lowest BCUT2D eigenvalue weighted by Gasteiger charge is -2.36. The Morgan fingerprint density at radius 1 is 0.271 bits per heavy atom. The van der Waals surface area contributed by atoms with Gasteiger partial charge in [-0.15, -0.1) is 11.3 Å². The highest BCUT2D eigenvalue weighted by atomic mass is 32.1. The average molecular weight is 908 g/mol. The molecule has 12 aromatic rings. The Balaban J connectivity index is 1.01. The van der Waals surface area contributed by atoms with E-state index >= 15 is 0 Å². The molecule has 2 heteroatoms. The highest BCUT2D eigenvalue weighted by molar-refractivity contribution is 7.26. The molecule has 1 heterocycles. The van der Waals surface area contributed by atoms with E-state index in [-0.39, 0.29) is 0 Å². The predicted octanol–water partition coefficient (Wildman–Crippen LogP) is 17.9. The standard InChI is InChI=1S/C68H45NS/c1-4-20-47(21-5-1)67(48-22-6-2-7-23-48)61-34-14-12-30-57(61)58-43-42-53(45-64(58)67)69(51-40-38-46(39-41-51)54-32-19-33-60-59-31-13-17-37-65(59)70-66(54)60)52-27-18-26-50(44-52)68(49-24-8-3-9-25-49)62-35-15-10-28-55(62)56-29-11-16-36-63(56)68/h1-45H. The number of fused-ring (bicyclic) bond motifs is 9. The number of nitrogens with zero attached hydrogens (tertiary/aromatic N) is 1. The molecule has 11 aromatic carbocycles. The van der Waals surface area contributed by atoms with Crippen molar-refractivity contribution in [3.63, 3.8) is 0 Å². The van der Waals surface area contributed by atoms with Gasteiger partial charge in [-0.2, -0.15) is 0 Å². The minimum absolute atomic E-state index is 0.542. The summed E-state index contributed by atoms with van der Waals surface area (Å²) < 4.78 is 2.63. The van der Waals surface area contributed by atoms with Crippen LogP contribution in [0.4, 0.5) is 17.1 Å². The second kappa shape index (κ2) is 16.0. The van der Waals surface area contributed by atoms with Crippen molar-refractivity contribution in [3.8, 4) is 33.4 Å². The molecule has 14 rings (SSSR count). The molecule has 1 aromatic heterocycles. The summed E-state index contributed by atoms with van der Waals surface area (Å²) in [6.07, 6.45) is 0. The number of anilines is 3. The maximum atomic E-state index is 2.49. The van der Waals surface area contributed by atoms with Crippen LogP contribution in [0.25, 0.3) is 53.6 Å². The molecule has 0 atom stereocenters. The summed E-state index contributed by atoms with van der Waals surface area (Å²) in [6.45, 7) is 0. The zero-order valence-electron chi connectivity index (χ0n) is 38.3. The van der Waals surface area contributed by atoms with Crippen molar-refractivity contribution in [2.24, 2.45) is 0 Å². The molecule has 0 spiro atoms. The van der Waals surface area contributed by atoms with E-state index in [1.54, 1.807) is 0 Å². The fourth-order valence-electron chi connectivity index (χ4n) is 12.4. The van der Waals surface area contributed by atoms with E-state index in [1.807, 2.05) is 11.3 Å². The van der Waals surface area contributed by atoms with E-state index in [0.29, 0.717) is 0 Å². The lowest BCUT2D eigenvalue weighted by molar-refractivity contribution is 0.767. The number of rotatable bonds is 8.